The third-order valence-electron chi connectivity index (χ3n) is 6.89. The predicted molar refractivity (Wildman–Crippen MR) is 138 cm³/mol. The van der Waals surface area contributed by atoms with E-state index in [0.717, 1.165) is 56.3 Å². The quantitative estimate of drug-likeness (QED) is 0.566. The minimum absolute atomic E-state index is 0.0798. The van der Waals surface area contributed by atoms with Crippen molar-refractivity contribution in [1.29, 1.82) is 0 Å². The van der Waals surface area contributed by atoms with Crippen molar-refractivity contribution in [3.8, 4) is 0 Å². The SMILES string of the molecule is NC1=NC2(CCCCC2)N(c2ccc(C(=O)c3ccccc3)cc2NC2=CC(=O)CCC2)C(N)=N1. The summed E-state index contributed by atoms with van der Waals surface area (Å²) in [5.74, 6) is 0.478. The number of carbonyl (C=O) groups excluding carboxylic acids is 2. The number of nitrogens with two attached hydrogens (primary N) is 2. The third kappa shape index (κ3) is 4.56. The van der Waals surface area contributed by atoms with Gasteiger partial charge in [0.05, 0.1) is 11.4 Å². The maximum Gasteiger partial charge on any atom is 0.220 e. The van der Waals surface area contributed by atoms with Crippen LogP contribution in [0.2, 0.25) is 0 Å². The second kappa shape index (κ2) is 9.37. The molecule has 35 heavy (non-hydrogen) atoms. The van der Waals surface area contributed by atoms with Gasteiger partial charge in [0.15, 0.2) is 11.6 Å². The minimum Gasteiger partial charge on any atom is -0.369 e. The molecule has 5 rings (SSSR count). The molecule has 8 nitrogen and oxygen atoms in total. The molecule has 0 unspecified atom stereocenters. The lowest BCUT2D eigenvalue weighted by molar-refractivity contribution is -0.115. The Labute approximate surface area is 204 Å². The number of rotatable bonds is 5. The molecule has 2 aromatic carbocycles. The van der Waals surface area contributed by atoms with Crippen molar-refractivity contribution in [2.24, 2.45) is 21.5 Å². The monoisotopic (exact) mass is 470 g/mol. The smallest absolute Gasteiger partial charge is 0.220 e. The number of aliphatic imine (C=N–C) groups is 2. The highest BCUT2D eigenvalue weighted by Gasteiger charge is 2.43. The van der Waals surface area contributed by atoms with E-state index in [1.54, 1.807) is 18.2 Å². The Morgan fingerprint density at radius 3 is 2.46 bits per heavy atom. The highest BCUT2D eigenvalue weighted by atomic mass is 16.1. The fourth-order valence-corrected chi connectivity index (χ4v) is 5.26. The normalized spacial score (nSPS) is 19.6. The zero-order valence-corrected chi connectivity index (χ0v) is 19.7. The number of nitrogens with one attached hydrogen (secondary N) is 1. The van der Waals surface area contributed by atoms with Gasteiger partial charge >= 0.3 is 0 Å². The number of carbonyl (C=O) groups is 2. The number of ketones is 2. The van der Waals surface area contributed by atoms with Gasteiger partial charge in [0, 0.05) is 29.3 Å². The van der Waals surface area contributed by atoms with E-state index < -0.39 is 5.66 Å². The van der Waals surface area contributed by atoms with Crippen molar-refractivity contribution in [3.63, 3.8) is 0 Å². The summed E-state index contributed by atoms with van der Waals surface area (Å²) in [4.78, 5) is 36.3. The number of nitrogens with zero attached hydrogens (tertiary/aromatic N) is 3. The maximum atomic E-state index is 13.2. The van der Waals surface area contributed by atoms with E-state index in [2.05, 4.69) is 10.3 Å². The van der Waals surface area contributed by atoms with Crippen molar-refractivity contribution in [2.75, 3.05) is 10.2 Å². The van der Waals surface area contributed by atoms with Crippen LogP contribution in [0, 0.1) is 0 Å². The van der Waals surface area contributed by atoms with Gasteiger partial charge < -0.3 is 16.8 Å². The topological polar surface area (TPSA) is 126 Å². The maximum absolute atomic E-state index is 13.2. The molecule has 0 amide bonds. The van der Waals surface area contributed by atoms with Gasteiger partial charge in [-0.25, -0.2) is 4.99 Å². The van der Waals surface area contributed by atoms with E-state index in [1.165, 1.54) is 0 Å². The first-order chi connectivity index (χ1) is 16.9. The third-order valence-corrected chi connectivity index (χ3v) is 6.89. The Hall–Kier alpha value is -3.94. The Morgan fingerprint density at radius 2 is 1.71 bits per heavy atom. The average molecular weight is 471 g/mol. The van der Waals surface area contributed by atoms with Crippen LogP contribution >= 0.6 is 0 Å². The molecule has 0 radical (unpaired) electrons. The molecule has 0 saturated heterocycles. The Kier molecular flexibility index (Phi) is 6.11. The second-order valence-corrected chi connectivity index (χ2v) is 9.36. The van der Waals surface area contributed by atoms with Crippen LogP contribution < -0.4 is 21.7 Å². The molecule has 5 N–H and O–H groups in total. The van der Waals surface area contributed by atoms with Crippen LogP contribution in [0.4, 0.5) is 11.4 Å². The molecule has 2 aliphatic carbocycles. The highest BCUT2D eigenvalue weighted by molar-refractivity contribution is 6.11. The van der Waals surface area contributed by atoms with Gasteiger partial charge in [-0.1, -0.05) is 36.8 Å². The summed E-state index contributed by atoms with van der Waals surface area (Å²) < 4.78 is 0. The van der Waals surface area contributed by atoms with Crippen molar-refractivity contribution in [2.45, 2.75) is 57.0 Å². The lowest BCUT2D eigenvalue weighted by Crippen LogP contribution is -2.58. The summed E-state index contributed by atoms with van der Waals surface area (Å²) in [6.07, 6.45) is 8.49. The number of hydrogen-bond acceptors (Lipinski definition) is 8. The van der Waals surface area contributed by atoms with Crippen molar-refractivity contribution >= 4 is 34.9 Å². The summed E-state index contributed by atoms with van der Waals surface area (Å²) >= 11 is 0. The Morgan fingerprint density at radius 1 is 0.943 bits per heavy atom. The number of benzene rings is 2. The molecule has 180 valence electrons. The van der Waals surface area contributed by atoms with Gasteiger partial charge in [0.1, 0.15) is 5.66 Å². The zero-order valence-electron chi connectivity index (χ0n) is 19.7. The van der Waals surface area contributed by atoms with Gasteiger partial charge in [-0.05, 0) is 56.7 Å². The number of allylic oxidation sites excluding steroid dienone is 2. The van der Waals surface area contributed by atoms with E-state index in [4.69, 9.17) is 16.5 Å². The van der Waals surface area contributed by atoms with Gasteiger partial charge in [-0.15, -0.1) is 0 Å². The molecule has 0 bridgehead atoms. The molecule has 8 heteroatoms. The van der Waals surface area contributed by atoms with Crippen LogP contribution in [0.5, 0.6) is 0 Å². The molecule has 0 atom stereocenters. The van der Waals surface area contributed by atoms with E-state index in [1.807, 2.05) is 41.3 Å². The van der Waals surface area contributed by atoms with E-state index in [-0.39, 0.29) is 23.5 Å². The summed E-state index contributed by atoms with van der Waals surface area (Å²) in [5.41, 5.74) is 15.3. The first-order valence-electron chi connectivity index (χ1n) is 12.2. The van der Waals surface area contributed by atoms with Crippen LogP contribution in [-0.4, -0.2) is 29.1 Å². The summed E-state index contributed by atoms with van der Waals surface area (Å²) in [7, 11) is 0. The molecule has 0 aromatic heterocycles. The van der Waals surface area contributed by atoms with Crippen LogP contribution in [0.1, 0.15) is 67.3 Å². The van der Waals surface area contributed by atoms with E-state index in [0.29, 0.717) is 23.2 Å². The number of hydrogen-bond donors (Lipinski definition) is 3. The molecule has 1 spiro atoms. The lowest BCUT2D eigenvalue weighted by atomic mass is 9.87. The van der Waals surface area contributed by atoms with Gasteiger partial charge in [-0.2, -0.15) is 4.99 Å². The predicted octanol–water partition coefficient (Wildman–Crippen LogP) is 4.08. The minimum atomic E-state index is -0.619. The standard InChI is InChI=1S/C27H30N6O2/c28-25-31-26(29)33(27(32-25)14-5-2-6-15-27)23-13-12-19(24(35)18-8-3-1-4-9-18)16-22(23)30-20-10-7-11-21(34)17-20/h1,3-4,8-9,12-13,16-17,30H,2,5-7,10-11,14-15H2,(H4,28,29,31,32). The lowest BCUT2D eigenvalue weighted by Gasteiger charge is -2.46. The summed E-state index contributed by atoms with van der Waals surface area (Å²) in [5, 5.41) is 3.43. The van der Waals surface area contributed by atoms with Gasteiger partial charge in [0.2, 0.25) is 11.9 Å². The first kappa shape index (κ1) is 22.8. The molecule has 1 fully saturated rings. The molecular formula is C27H30N6O2. The molecular weight excluding hydrogens is 440 g/mol. The fourth-order valence-electron chi connectivity index (χ4n) is 5.26. The van der Waals surface area contributed by atoms with Gasteiger partial charge in [-0.3, -0.25) is 14.5 Å². The summed E-state index contributed by atoms with van der Waals surface area (Å²) in [6.45, 7) is 0. The van der Waals surface area contributed by atoms with Crippen LogP contribution in [0.15, 0.2) is 70.3 Å². The summed E-state index contributed by atoms with van der Waals surface area (Å²) in [6, 6.07) is 14.7. The van der Waals surface area contributed by atoms with Crippen LogP contribution in [-0.2, 0) is 4.79 Å². The molecule has 1 aliphatic heterocycles. The van der Waals surface area contributed by atoms with Crippen LogP contribution in [0.3, 0.4) is 0 Å². The van der Waals surface area contributed by atoms with E-state index >= 15 is 0 Å². The average Bonchev–Trinajstić information content (AvgIpc) is 2.85. The van der Waals surface area contributed by atoms with Crippen LogP contribution in [0.25, 0.3) is 0 Å². The number of anilines is 2. The van der Waals surface area contributed by atoms with Crippen molar-refractivity contribution < 1.29 is 9.59 Å². The van der Waals surface area contributed by atoms with Crippen molar-refractivity contribution in [1.82, 2.24) is 0 Å². The Bertz CT molecular complexity index is 1240. The zero-order chi connectivity index (χ0) is 24.4. The van der Waals surface area contributed by atoms with E-state index in [9.17, 15) is 9.59 Å². The second-order valence-electron chi connectivity index (χ2n) is 9.36. The highest BCUT2D eigenvalue weighted by Crippen LogP contribution is 2.42. The van der Waals surface area contributed by atoms with Gasteiger partial charge in [0.25, 0.3) is 0 Å². The molecule has 1 heterocycles. The number of guanidine groups is 2. The molecule has 2 aromatic rings. The fraction of sp³-hybridized carbons (Fsp3) is 0.333. The Balaban J connectivity index is 1.61. The molecule has 3 aliphatic rings. The first-order valence-corrected chi connectivity index (χ1v) is 12.2. The largest absolute Gasteiger partial charge is 0.369 e. The van der Waals surface area contributed by atoms with Crippen molar-refractivity contribution in [3.05, 3.63) is 71.4 Å². The molecule has 1 saturated carbocycles.